The number of rotatable bonds is 3. The Labute approximate surface area is 116 Å². The fourth-order valence-corrected chi connectivity index (χ4v) is 2.08. The van der Waals surface area contributed by atoms with E-state index in [2.05, 4.69) is 4.74 Å². The minimum atomic E-state index is -0.646. The van der Waals surface area contributed by atoms with E-state index >= 15 is 0 Å². The number of furan rings is 1. The number of nitriles is 1. The van der Waals surface area contributed by atoms with Crippen LogP contribution in [-0.2, 0) is 9.53 Å². The lowest BCUT2D eigenvalue weighted by Crippen LogP contribution is -2.28. The number of likely N-dealkylation sites (tertiary alicyclic amines) is 1. The maximum absolute atomic E-state index is 12.1. The van der Waals surface area contributed by atoms with Crippen LogP contribution in [0, 0.1) is 11.3 Å². The van der Waals surface area contributed by atoms with E-state index in [0.29, 0.717) is 18.7 Å². The van der Waals surface area contributed by atoms with Gasteiger partial charge in [-0.2, -0.15) is 5.26 Å². The van der Waals surface area contributed by atoms with Gasteiger partial charge in [0.1, 0.15) is 11.6 Å². The monoisotopic (exact) mass is 274 g/mol. The summed E-state index contributed by atoms with van der Waals surface area (Å²) in [5.41, 5.74) is 0.347. The van der Waals surface area contributed by atoms with Gasteiger partial charge in [-0.3, -0.25) is 4.79 Å². The van der Waals surface area contributed by atoms with E-state index in [1.54, 1.807) is 4.90 Å². The summed E-state index contributed by atoms with van der Waals surface area (Å²) in [6, 6.07) is 3.39. The molecule has 6 nitrogen and oxygen atoms in total. The van der Waals surface area contributed by atoms with Gasteiger partial charge < -0.3 is 14.1 Å². The summed E-state index contributed by atoms with van der Waals surface area (Å²) in [7, 11) is 1.24. The van der Waals surface area contributed by atoms with E-state index in [1.807, 2.05) is 6.07 Å². The van der Waals surface area contributed by atoms with Gasteiger partial charge in [-0.15, -0.1) is 0 Å². The predicted molar refractivity (Wildman–Crippen MR) is 69.5 cm³/mol. The molecule has 6 heteroatoms. The zero-order chi connectivity index (χ0) is 14.5. The Morgan fingerprint density at radius 1 is 1.45 bits per heavy atom. The number of nitrogens with zero attached hydrogens (tertiary/aromatic N) is 2. The smallest absolute Gasteiger partial charge is 0.374 e. The Balaban J connectivity index is 2.27. The third kappa shape index (κ3) is 2.72. The van der Waals surface area contributed by atoms with Gasteiger partial charge in [0.2, 0.25) is 5.76 Å². The van der Waals surface area contributed by atoms with Gasteiger partial charge in [0, 0.05) is 18.7 Å². The summed E-state index contributed by atoms with van der Waals surface area (Å²) < 4.78 is 9.59. The van der Waals surface area contributed by atoms with Gasteiger partial charge >= 0.3 is 5.97 Å². The average molecular weight is 274 g/mol. The third-order valence-electron chi connectivity index (χ3n) is 3.11. The molecular weight excluding hydrogens is 260 g/mol. The number of hydrogen-bond acceptors (Lipinski definition) is 5. The lowest BCUT2D eigenvalue weighted by atomic mass is 10.1. The molecule has 1 aromatic heterocycles. The molecule has 0 saturated carbocycles. The first-order valence-electron chi connectivity index (χ1n) is 6.24. The van der Waals surface area contributed by atoms with E-state index in [1.165, 1.54) is 25.5 Å². The lowest BCUT2D eigenvalue weighted by Gasteiger charge is -2.13. The molecule has 1 saturated heterocycles. The number of esters is 1. The van der Waals surface area contributed by atoms with E-state index in [-0.39, 0.29) is 17.2 Å². The van der Waals surface area contributed by atoms with Gasteiger partial charge in [0.15, 0.2) is 0 Å². The first kappa shape index (κ1) is 13.9. The molecule has 0 atom stereocenters. The van der Waals surface area contributed by atoms with E-state index in [4.69, 9.17) is 9.68 Å². The molecular formula is C14H14N2O4. The summed E-state index contributed by atoms with van der Waals surface area (Å²) in [6.07, 6.45) is 4.57. The first-order chi connectivity index (χ1) is 9.67. The number of carbonyl (C=O) groups is 2. The van der Waals surface area contributed by atoms with Crippen molar-refractivity contribution in [1.29, 1.82) is 5.26 Å². The Hall–Kier alpha value is -2.55. The van der Waals surface area contributed by atoms with Crippen LogP contribution in [0.4, 0.5) is 0 Å². The zero-order valence-corrected chi connectivity index (χ0v) is 11.1. The molecule has 1 fully saturated rings. The van der Waals surface area contributed by atoms with Crippen LogP contribution in [0.5, 0.6) is 0 Å². The zero-order valence-electron chi connectivity index (χ0n) is 11.1. The van der Waals surface area contributed by atoms with Gasteiger partial charge in [0.05, 0.1) is 13.4 Å². The minimum Gasteiger partial charge on any atom is -0.463 e. The second-order valence-electron chi connectivity index (χ2n) is 4.37. The second-order valence-corrected chi connectivity index (χ2v) is 4.37. The van der Waals surface area contributed by atoms with Crippen molar-refractivity contribution in [2.75, 3.05) is 20.2 Å². The Kier molecular flexibility index (Phi) is 4.20. The van der Waals surface area contributed by atoms with Crippen molar-refractivity contribution >= 4 is 18.0 Å². The van der Waals surface area contributed by atoms with Gasteiger partial charge in [-0.05, 0) is 25.0 Å². The van der Waals surface area contributed by atoms with Crippen molar-refractivity contribution < 1.29 is 18.7 Å². The molecule has 0 spiro atoms. The van der Waals surface area contributed by atoms with Crippen LogP contribution in [0.15, 0.2) is 22.3 Å². The molecule has 1 aliphatic heterocycles. The molecule has 0 bridgehead atoms. The summed E-state index contributed by atoms with van der Waals surface area (Å²) >= 11 is 0. The molecule has 0 unspecified atom stereocenters. The molecule has 0 N–H and O–H groups in total. The summed E-state index contributed by atoms with van der Waals surface area (Å²) in [5, 5.41) is 9.13. The van der Waals surface area contributed by atoms with Crippen LogP contribution in [0.3, 0.4) is 0 Å². The Morgan fingerprint density at radius 2 is 2.15 bits per heavy atom. The summed E-state index contributed by atoms with van der Waals surface area (Å²) in [4.78, 5) is 25.2. The molecule has 0 radical (unpaired) electrons. The molecule has 0 aromatic carbocycles. The summed E-state index contributed by atoms with van der Waals surface area (Å²) in [6.45, 7) is 1.32. The number of carbonyl (C=O) groups excluding carboxylic acids is 2. The van der Waals surface area contributed by atoms with Crippen molar-refractivity contribution in [3.8, 4) is 6.07 Å². The number of methoxy groups -OCH3 is 1. The standard InChI is InChI=1S/C14H14N2O4/c1-19-14(18)12-10(4-7-20-12)8-11(9-15)13(17)16-5-2-3-6-16/h4,7-8H,2-3,5-6H2,1H3/b11-8+. The highest BCUT2D eigenvalue weighted by Gasteiger charge is 2.23. The van der Waals surface area contributed by atoms with Crippen molar-refractivity contribution in [3.05, 3.63) is 29.2 Å². The number of amides is 1. The van der Waals surface area contributed by atoms with E-state index in [9.17, 15) is 9.59 Å². The van der Waals surface area contributed by atoms with Crippen LogP contribution < -0.4 is 0 Å². The van der Waals surface area contributed by atoms with Crippen LogP contribution in [0.2, 0.25) is 0 Å². The molecule has 1 aromatic rings. The highest BCUT2D eigenvalue weighted by molar-refractivity contribution is 6.03. The lowest BCUT2D eigenvalue weighted by molar-refractivity contribution is -0.125. The largest absolute Gasteiger partial charge is 0.463 e. The highest BCUT2D eigenvalue weighted by atomic mass is 16.5. The number of hydrogen-bond donors (Lipinski definition) is 0. The maximum Gasteiger partial charge on any atom is 0.374 e. The van der Waals surface area contributed by atoms with Crippen LogP contribution in [0.25, 0.3) is 6.08 Å². The summed E-state index contributed by atoms with van der Waals surface area (Å²) in [5.74, 6) is -0.983. The average Bonchev–Trinajstić information content (AvgIpc) is 3.14. The quantitative estimate of drug-likeness (QED) is 0.475. The topological polar surface area (TPSA) is 83.5 Å². The van der Waals surface area contributed by atoms with Crippen molar-refractivity contribution in [1.82, 2.24) is 4.90 Å². The molecule has 0 aliphatic carbocycles. The second kappa shape index (κ2) is 6.06. The molecule has 1 aliphatic rings. The normalized spacial score (nSPS) is 15.0. The minimum absolute atomic E-state index is 0.0153. The number of ether oxygens (including phenoxy) is 1. The van der Waals surface area contributed by atoms with Crippen LogP contribution >= 0.6 is 0 Å². The molecule has 104 valence electrons. The van der Waals surface area contributed by atoms with Crippen LogP contribution in [0.1, 0.15) is 29.0 Å². The Morgan fingerprint density at radius 3 is 2.75 bits per heavy atom. The third-order valence-corrected chi connectivity index (χ3v) is 3.11. The highest BCUT2D eigenvalue weighted by Crippen LogP contribution is 2.18. The van der Waals surface area contributed by atoms with Gasteiger partial charge in [0.25, 0.3) is 5.91 Å². The SMILES string of the molecule is COC(=O)c1occc1/C=C(\C#N)C(=O)N1CCCC1. The fraction of sp³-hybridized carbons (Fsp3) is 0.357. The van der Waals surface area contributed by atoms with Crippen LogP contribution in [-0.4, -0.2) is 37.0 Å². The molecule has 2 heterocycles. The fourth-order valence-electron chi connectivity index (χ4n) is 2.08. The van der Waals surface area contributed by atoms with E-state index in [0.717, 1.165) is 12.8 Å². The molecule has 20 heavy (non-hydrogen) atoms. The van der Waals surface area contributed by atoms with Crippen molar-refractivity contribution in [2.24, 2.45) is 0 Å². The maximum atomic E-state index is 12.1. The van der Waals surface area contributed by atoms with Crippen molar-refractivity contribution in [3.63, 3.8) is 0 Å². The van der Waals surface area contributed by atoms with Gasteiger partial charge in [-0.1, -0.05) is 0 Å². The molecule has 2 rings (SSSR count). The predicted octanol–water partition coefficient (Wildman–Crippen LogP) is 1.60. The molecule has 1 amide bonds. The van der Waals surface area contributed by atoms with Crippen molar-refractivity contribution in [2.45, 2.75) is 12.8 Å². The van der Waals surface area contributed by atoms with Gasteiger partial charge in [-0.25, -0.2) is 4.79 Å². The van der Waals surface area contributed by atoms with E-state index < -0.39 is 5.97 Å². The first-order valence-corrected chi connectivity index (χ1v) is 6.24. The Bertz CT molecular complexity index is 589.